The molecule has 6 rings (SSSR count). The standard InChI is InChI=1S/C46H57BClNO8Si/c1-5-15-31(26-32-22-23-34(50)28-39(32)48)21-24-40-42-33(30-56-58(46(2,3)4,35-16-9-6-10-17-35)36-18-11-7-12-19-36)27-37-43(38(42)29-47(55)57-40)45(54)49(44(37)53)25-14-8-13-20-41(51)52/h6-7,9-12,16-19,22-23,26,28,37-38,40,43,50,55H,5,8,13-15,20-21,24-25,27,29-30H2,1-4H3,(H,51,52)/b31-26+/t37-,38+,40-,43-/m1/s1. The number of carbonyl (C=O) groups excluding carboxylic acids is 2. The molecule has 3 aromatic carbocycles. The molecule has 2 amide bonds. The minimum atomic E-state index is -3.00. The fourth-order valence-electron chi connectivity index (χ4n) is 9.62. The minimum absolute atomic E-state index is 0.0492. The molecule has 0 saturated carbocycles. The topological polar surface area (TPSA) is 134 Å². The Hall–Kier alpha value is -4.00. The molecule has 1 aliphatic carbocycles. The van der Waals surface area contributed by atoms with E-state index in [1.807, 2.05) is 12.1 Å². The summed E-state index contributed by atoms with van der Waals surface area (Å²) in [5, 5.41) is 32.8. The van der Waals surface area contributed by atoms with Crippen LogP contribution in [0.1, 0.15) is 91.0 Å². The van der Waals surface area contributed by atoms with Gasteiger partial charge in [-0.05, 0) is 101 Å². The van der Waals surface area contributed by atoms with E-state index in [2.05, 4.69) is 82.3 Å². The lowest BCUT2D eigenvalue weighted by molar-refractivity contribution is -0.141. The van der Waals surface area contributed by atoms with E-state index >= 15 is 0 Å². The summed E-state index contributed by atoms with van der Waals surface area (Å²) in [5.74, 6) is -2.81. The van der Waals surface area contributed by atoms with E-state index in [4.69, 9.17) is 25.8 Å². The number of imide groups is 1. The average molecular weight is 826 g/mol. The van der Waals surface area contributed by atoms with E-state index in [0.29, 0.717) is 43.5 Å². The normalized spacial score (nSPS) is 21.4. The Morgan fingerprint density at radius 2 is 1.62 bits per heavy atom. The predicted octanol–water partition coefficient (Wildman–Crippen LogP) is 8.03. The van der Waals surface area contributed by atoms with Gasteiger partial charge < -0.3 is 24.3 Å². The molecular formula is C46H57BClNO8Si. The summed E-state index contributed by atoms with van der Waals surface area (Å²) in [5.41, 5.74) is 3.88. The van der Waals surface area contributed by atoms with Crippen molar-refractivity contribution in [1.29, 1.82) is 0 Å². The van der Waals surface area contributed by atoms with E-state index in [0.717, 1.165) is 45.5 Å². The van der Waals surface area contributed by atoms with Crippen LogP contribution in [0.5, 0.6) is 5.75 Å². The third-order valence-corrected chi connectivity index (χ3v) is 17.5. The van der Waals surface area contributed by atoms with E-state index in [1.165, 1.54) is 11.0 Å². The largest absolute Gasteiger partial charge is 0.508 e. The van der Waals surface area contributed by atoms with Crippen molar-refractivity contribution in [3.8, 4) is 5.75 Å². The molecule has 0 spiro atoms. The summed E-state index contributed by atoms with van der Waals surface area (Å²) >= 11 is 6.53. The van der Waals surface area contributed by atoms with Gasteiger partial charge in [0.2, 0.25) is 11.8 Å². The molecule has 0 unspecified atom stereocenters. The number of unbranched alkanes of at least 4 members (excludes halogenated alkanes) is 2. The van der Waals surface area contributed by atoms with Gasteiger partial charge in [0, 0.05) is 13.0 Å². The molecule has 58 heavy (non-hydrogen) atoms. The maximum absolute atomic E-state index is 14.3. The quantitative estimate of drug-likeness (QED) is 0.0540. The number of carboxylic acids is 1. The number of hydrogen-bond donors (Lipinski definition) is 3. The van der Waals surface area contributed by atoms with Crippen molar-refractivity contribution in [2.75, 3.05) is 13.2 Å². The Kier molecular flexibility index (Phi) is 14.2. The maximum atomic E-state index is 14.3. The number of benzene rings is 3. The number of allylic oxidation sites excluding steroid dienone is 1. The Morgan fingerprint density at radius 3 is 2.22 bits per heavy atom. The van der Waals surface area contributed by atoms with Crippen LogP contribution < -0.4 is 10.4 Å². The number of nitrogens with zero attached hydrogens (tertiary/aromatic N) is 1. The second-order valence-corrected chi connectivity index (χ2v) is 21.8. The summed E-state index contributed by atoms with van der Waals surface area (Å²) < 4.78 is 13.9. The molecule has 3 N–H and O–H groups in total. The summed E-state index contributed by atoms with van der Waals surface area (Å²) in [6.07, 6.45) is 6.67. The lowest BCUT2D eigenvalue weighted by Crippen LogP contribution is -2.66. The van der Waals surface area contributed by atoms with Crippen molar-refractivity contribution in [2.24, 2.45) is 17.8 Å². The Morgan fingerprint density at radius 1 is 0.948 bits per heavy atom. The highest BCUT2D eigenvalue weighted by molar-refractivity contribution is 6.99. The molecule has 0 bridgehead atoms. The minimum Gasteiger partial charge on any atom is -0.508 e. The van der Waals surface area contributed by atoms with Gasteiger partial charge in [-0.2, -0.15) is 0 Å². The third kappa shape index (κ3) is 9.39. The smallest absolute Gasteiger partial charge is 0.455 e. The van der Waals surface area contributed by atoms with Crippen LogP contribution in [-0.2, 0) is 23.5 Å². The molecule has 0 radical (unpaired) electrons. The Balaban J connectivity index is 1.39. The highest BCUT2D eigenvalue weighted by Crippen LogP contribution is 2.51. The molecule has 2 heterocycles. The molecule has 3 aliphatic rings. The van der Waals surface area contributed by atoms with Gasteiger partial charge in [-0.1, -0.05) is 124 Å². The number of phenolic OH excluding ortho intramolecular Hbond substituents is 1. The number of phenols is 1. The number of amides is 2. The van der Waals surface area contributed by atoms with Crippen molar-refractivity contribution in [3.63, 3.8) is 0 Å². The van der Waals surface area contributed by atoms with Crippen LogP contribution >= 0.6 is 11.6 Å². The first-order valence-electron chi connectivity index (χ1n) is 20.8. The second-order valence-electron chi connectivity index (χ2n) is 17.1. The number of carbonyl (C=O) groups is 3. The van der Waals surface area contributed by atoms with Crippen LogP contribution in [0.4, 0.5) is 0 Å². The summed E-state index contributed by atoms with van der Waals surface area (Å²) in [6, 6.07) is 25.8. The molecule has 3 aromatic rings. The first-order valence-corrected chi connectivity index (χ1v) is 23.1. The Bertz CT molecular complexity index is 1960. The van der Waals surface area contributed by atoms with Crippen LogP contribution in [0.25, 0.3) is 6.08 Å². The van der Waals surface area contributed by atoms with Crippen molar-refractivity contribution in [3.05, 3.63) is 106 Å². The molecule has 4 atom stereocenters. The first-order chi connectivity index (χ1) is 27.7. The summed E-state index contributed by atoms with van der Waals surface area (Å²) in [7, 11) is -4.12. The van der Waals surface area contributed by atoms with Crippen LogP contribution in [-0.4, -0.2) is 72.6 Å². The molecule has 0 aromatic heterocycles. The van der Waals surface area contributed by atoms with Gasteiger partial charge in [-0.25, -0.2) is 0 Å². The van der Waals surface area contributed by atoms with E-state index < -0.39 is 45.3 Å². The number of fused-ring (bicyclic) bond motifs is 3. The molecular weight excluding hydrogens is 769 g/mol. The number of aromatic hydroxyl groups is 1. The van der Waals surface area contributed by atoms with Gasteiger partial charge in [0.05, 0.1) is 29.6 Å². The number of hydrogen-bond acceptors (Lipinski definition) is 7. The highest BCUT2D eigenvalue weighted by Gasteiger charge is 2.58. The van der Waals surface area contributed by atoms with Gasteiger partial charge in [0.1, 0.15) is 5.75 Å². The zero-order valence-corrected chi connectivity index (χ0v) is 35.9. The van der Waals surface area contributed by atoms with E-state index in [-0.39, 0.29) is 48.5 Å². The van der Waals surface area contributed by atoms with Gasteiger partial charge in [0.15, 0.2) is 0 Å². The van der Waals surface area contributed by atoms with Crippen molar-refractivity contribution in [1.82, 2.24) is 4.90 Å². The monoisotopic (exact) mass is 825 g/mol. The SMILES string of the molecule is CCC/C(=C\c1ccc(O)cc1Cl)CC[C@H]1OB(O)C[C@H]2C1=C(CO[Si](c1ccccc1)(c1ccccc1)C(C)(C)C)C[C@H]1C(=O)N(CCCCCC(=O)O)C(=O)[C@H]12. The lowest BCUT2D eigenvalue weighted by Gasteiger charge is -2.46. The number of rotatable bonds is 17. The highest BCUT2D eigenvalue weighted by atomic mass is 35.5. The summed E-state index contributed by atoms with van der Waals surface area (Å²) in [4.78, 5) is 41.1. The van der Waals surface area contributed by atoms with Crippen molar-refractivity contribution < 1.29 is 38.7 Å². The first kappa shape index (κ1) is 43.6. The fraction of sp³-hybridized carbons (Fsp3) is 0.457. The van der Waals surface area contributed by atoms with Gasteiger partial charge >= 0.3 is 13.1 Å². The summed E-state index contributed by atoms with van der Waals surface area (Å²) in [6.45, 7) is 9.30. The average Bonchev–Trinajstić information content (AvgIpc) is 3.42. The zero-order chi connectivity index (χ0) is 41.6. The van der Waals surface area contributed by atoms with Crippen molar-refractivity contribution >= 4 is 61.3 Å². The third-order valence-electron chi connectivity index (χ3n) is 12.2. The number of likely N-dealkylation sites (tertiary alicyclic amines) is 1. The molecule has 308 valence electrons. The van der Waals surface area contributed by atoms with Crippen LogP contribution in [0.3, 0.4) is 0 Å². The number of aliphatic carboxylic acids is 1. The second kappa shape index (κ2) is 18.9. The van der Waals surface area contributed by atoms with Crippen LogP contribution in [0.15, 0.2) is 95.6 Å². The van der Waals surface area contributed by atoms with Crippen molar-refractivity contribution in [2.45, 2.75) is 103 Å². The molecule has 2 aliphatic heterocycles. The van der Waals surface area contributed by atoms with E-state index in [9.17, 15) is 24.5 Å². The molecule has 2 saturated heterocycles. The molecule has 12 heteroatoms. The number of halogens is 1. The van der Waals surface area contributed by atoms with Gasteiger partial charge in [0.25, 0.3) is 8.32 Å². The van der Waals surface area contributed by atoms with Gasteiger partial charge in [-0.15, -0.1) is 0 Å². The number of carboxylic acid groups (broad SMARTS) is 1. The zero-order valence-electron chi connectivity index (χ0n) is 34.2. The van der Waals surface area contributed by atoms with Crippen LogP contribution in [0, 0.1) is 17.8 Å². The van der Waals surface area contributed by atoms with Gasteiger partial charge in [-0.3, -0.25) is 19.3 Å². The predicted molar refractivity (Wildman–Crippen MR) is 231 cm³/mol. The van der Waals surface area contributed by atoms with Crippen LogP contribution in [0.2, 0.25) is 16.4 Å². The Labute approximate surface area is 349 Å². The lowest BCUT2D eigenvalue weighted by atomic mass is 9.58. The fourth-order valence-corrected chi connectivity index (χ4v) is 14.4. The van der Waals surface area contributed by atoms with E-state index in [1.54, 1.807) is 12.1 Å². The maximum Gasteiger partial charge on any atom is 0.455 e. The molecule has 9 nitrogen and oxygen atoms in total. The molecule has 2 fully saturated rings.